The van der Waals surface area contributed by atoms with Crippen LogP contribution in [0.5, 0.6) is 11.5 Å². The van der Waals surface area contributed by atoms with Crippen LogP contribution in [0.2, 0.25) is 0 Å². The third-order valence-corrected chi connectivity index (χ3v) is 4.58. The van der Waals surface area contributed by atoms with Gasteiger partial charge in [-0.05, 0) is 37.5 Å². The fourth-order valence-corrected chi connectivity index (χ4v) is 3.20. The van der Waals surface area contributed by atoms with E-state index >= 15 is 0 Å². The summed E-state index contributed by atoms with van der Waals surface area (Å²) < 4.78 is 56.1. The van der Waals surface area contributed by atoms with Gasteiger partial charge in [-0.15, -0.1) is 0 Å². The third-order valence-electron chi connectivity index (χ3n) is 4.58. The van der Waals surface area contributed by atoms with Gasteiger partial charge in [0.1, 0.15) is 11.9 Å². The lowest BCUT2D eigenvalue weighted by Crippen LogP contribution is -2.49. The molecule has 1 aliphatic carbocycles. The zero-order valence-electron chi connectivity index (χ0n) is 12.5. The van der Waals surface area contributed by atoms with Gasteiger partial charge in [-0.25, -0.2) is 0 Å². The lowest BCUT2D eigenvalue weighted by Gasteiger charge is -2.47. The fourth-order valence-electron chi connectivity index (χ4n) is 3.20. The summed E-state index contributed by atoms with van der Waals surface area (Å²) in [5, 5.41) is 0. The Hall–Kier alpha value is -1.37. The maximum atomic E-state index is 13.3. The predicted octanol–water partition coefficient (Wildman–Crippen LogP) is 3.23. The van der Waals surface area contributed by atoms with Gasteiger partial charge in [0.15, 0.2) is 0 Å². The summed E-state index contributed by atoms with van der Waals surface area (Å²) >= 11 is 0. The quantitative estimate of drug-likeness (QED) is 0.799. The third kappa shape index (κ3) is 3.04. The van der Waals surface area contributed by atoms with Gasteiger partial charge < -0.3 is 27.2 Å². The summed E-state index contributed by atoms with van der Waals surface area (Å²) in [5.74, 6) is 0.0821. The molecular formula is C15H19BF3O3-. The van der Waals surface area contributed by atoms with Crippen LogP contribution in [0.15, 0.2) is 18.2 Å². The first kappa shape index (κ1) is 15.5. The Labute approximate surface area is 127 Å². The van der Waals surface area contributed by atoms with Gasteiger partial charge in [0.25, 0.3) is 0 Å². The highest BCUT2D eigenvalue weighted by Gasteiger charge is 2.43. The van der Waals surface area contributed by atoms with Crippen LogP contribution in [0.1, 0.15) is 32.1 Å². The summed E-state index contributed by atoms with van der Waals surface area (Å²) in [7, 11) is 1.35. The molecule has 3 nitrogen and oxygen atoms in total. The average Bonchev–Trinajstić information content (AvgIpc) is 2.45. The highest BCUT2D eigenvalue weighted by atomic mass is 19.4. The van der Waals surface area contributed by atoms with Crippen LogP contribution in [-0.2, 0) is 4.74 Å². The van der Waals surface area contributed by atoms with Gasteiger partial charge in [-0.1, -0.05) is 5.46 Å². The molecule has 1 saturated carbocycles. The summed E-state index contributed by atoms with van der Waals surface area (Å²) in [6.07, 6.45) is 4.14. The largest absolute Gasteiger partial charge is 0.513 e. The first-order valence-corrected chi connectivity index (χ1v) is 7.60. The van der Waals surface area contributed by atoms with E-state index in [1.807, 2.05) is 0 Å². The Morgan fingerprint density at radius 1 is 1.27 bits per heavy atom. The molecule has 1 aromatic rings. The van der Waals surface area contributed by atoms with Gasteiger partial charge in [-0.3, -0.25) is 0 Å². The molecule has 1 unspecified atom stereocenters. The molecule has 22 heavy (non-hydrogen) atoms. The first-order chi connectivity index (χ1) is 10.4. The summed E-state index contributed by atoms with van der Waals surface area (Å²) in [6, 6.07) is 3.86. The van der Waals surface area contributed by atoms with Crippen molar-refractivity contribution in [2.24, 2.45) is 0 Å². The minimum absolute atomic E-state index is 0.102. The van der Waals surface area contributed by atoms with E-state index in [1.54, 1.807) is 0 Å². The molecule has 122 valence electrons. The van der Waals surface area contributed by atoms with Crippen LogP contribution < -0.4 is 14.9 Å². The Bertz CT molecular complexity index is 543. The van der Waals surface area contributed by atoms with Crippen LogP contribution in [-0.4, -0.2) is 32.4 Å². The smallest absolute Gasteiger partial charge is 0.497 e. The first-order valence-electron chi connectivity index (χ1n) is 7.60. The number of benzene rings is 1. The molecule has 2 fully saturated rings. The van der Waals surface area contributed by atoms with E-state index < -0.39 is 12.4 Å². The molecular weight excluding hydrogens is 296 g/mol. The lowest BCUT2D eigenvalue weighted by molar-refractivity contribution is -0.153. The zero-order valence-corrected chi connectivity index (χ0v) is 12.5. The van der Waals surface area contributed by atoms with E-state index in [0.717, 1.165) is 25.3 Å². The highest BCUT2D eigenvalue weighted by molar-refractivity contribution is 6.74. The molecule has 2 aliphatic rings. The van der Waals surface area contributed by atoms with E-state index in [1.165, 1.54) is 19.2 Å². The zero-order chi connectivity index (χ0) is 15.8. The number of hydrogen-bond donors (Lipinski definition) is 0. The van der Waals surface area contributed by atoms with Crippen molar-refractivity contribution >= 4 is 12.4 Å². The molecule has 1 heterocycles. The number of rotatable bonds is 4. The standard InChI is InChI=1S/C15H19BF3O3/c1-20-11-3-4-14(13(9-11)16(17,18)19)22-12-5-8-21-15(10-12)6-2-7-15/h3-4,9,12H,2,5-8,10H2,1H3/q-1. The molecule has 3 rings (SSSR count). The minimum atomic E-state index is -5.15. The normalized spacial score (nSPS) is 23.9. The van der Waals surface area contributed by atoms with Crippen LogP contribution >= 0.6 is 0 Å². The summed E-state index contributed by atoms with van der Waals surface area (Å²) in [5.41, 5.74) is -0.882. The highest BCUT2D eigenvalue weighted by Crippen LogP contribution is 2.43. The van der Waals surface area contributed by atoms with Gasteiger partial charge >= 0.3 is 6.98 Å². The van der Waals surface area contributed by atoms with E-state index in [0.29, 0.717) is 19.4 Å². The SMILES string of the molecule is COc1ccc(OC2CCOC3(CCC3)C2)c([B-](F)(F)F)c1. The molecule has 0 amide bonds. The van der Waals surface area contributed by atoms with Crippen molar-refractivity contribution in [2.45, 2.75) is 43.8 Å². The van der Waals surface area contributed by atoms with Crippen LogP contribution in [0.3, 0.4) is 0 Å². The maximum Gasteiger partial charge on any atom is 0.513 e. The predicted molar refractivity (Wildman–Crippen MR) is 77.9 cm³/mol. The molecule has 1 saturated heterocycles. The van der Waals surface area contributed by atoms with Crippen LogP contribution in [0.25, 0.3) is 0 Å². The maximum absolute atomic E-state index is 13.3. The Balaban J connectivity index is 1.79. The van der Waals surface area contributed by atoms with Crippen molar-refractivity contribution < 1.29 is 27.2 Å². The average molecular weight is 315 g/mol. The number of hydrogen-bond acceptors (Lipinski definition) is 3. The van der Waals surface area contributed by atoms with E-state index in [2.05, 4.69) is 0 Å². The van der Waals surface area contributed by atoms with Gasteiger partial charge in [0.2, 0.25) is 0 Å². The van der Waals surface area contributed by atoms with E-state index in [-0.39, 0.29) is 23.2 Å². The molecule has 1 atom stereocenters. The minimum Gasteiger partial charge on any atom is -0.497 e. The van der Waals surface area contributed by atoms with E-state index in [9.17, 15) is 12.9 Å². The number of ether oxygens (including phenoxy) is 3. The van der Waals surface area contributed by atoms with Gasteiger partial charge in [0, 0.05) is 12.8 Å². The Morgan fingerprint density at radius 3 is 2.64 bits per heavy atom. The molecule has 7 heteroatoms. The Morgan fingerprint density at radius 2 is 2.05 bits per heavy atom. The van der Waals surface area contributed by atoms with Crippen molar-refractivity contribution in [1.82, 2.24) is 0 Å². The van der Waals surface area contributed by atoms with Crippen molar-refractivity contribution in [3.05, 3.63) is 18.2 Å². The summed E-state index contributed by atoms with van der Waals surface area (Å²) in [6.45, 7) is -4.60. The molecule has 1 aromatic carbocycles. The van der Waals surface area contributed by atoms with Crippen molar-refractivity contribution in [3.63, 3.8) is 0 Å². The van der Waals surface area contributed by atoms with Crippen molar-refractivity contribution in [2.75, 3.05) is 13.7 Å². The molecule has 1 spiro atoms. The molecule has 0 bridgehead atoms. The van der Waals surface area contributed by atoms with Crippen molar-refractivity contribution in [1.29, 1.82) is 0 Å². The fraction of sp³-hybridized carbons (Fsp3) is 0.600. The monoisotopic (exact) mass is 315 g/mol. The van der Waals surface area contributed by atoms with E-state index in [4.69, 9.17) is 14.2 Å². The summed E-state index contributed by atoms with van der Waals surface area (Å²) in [4.78, 5) is 0. The second kappa shape index (κ2) is 5.68. The topological polar surface area (TPSA) is 27.7 Å². The van der Waals surface area contributed by atoms with Gasteiger partial charge in [-0.2, -0.15) is 0 Å². The Kier molecular flexibility index (Phi) is 4.01. The lowest BCUT2D eigenvalue weighted by atomic mass is 9.74. The molecule has 1 aliphatic heterocycles. The van der Waals surface area contributed by atoms with Crippen LogP contribution in [0.4, 0.5) is 12.9 Å². The molecule has 0 aromatic heterocycles. The van der Waals surface area contributed by atoms with Crippen molar-refractivity contribution in [3.8, 4) is 11.5 Å². The second-order valence-electron chi connectivity index (χ2n) is 6.10. The number of halogens is 3. The second-order valence-corrected chi connectivity index (χ2v) is 6.10. The molecule has 0 N–H and O–H groups in total. The number of methoxy groups -OCH3 is 1. The van der Waals surface area contributed by atoms with Crippen LogP contribution in [0, 0.1) is 0 Å². The van der Waals surface area contributed by atoms with Gasteiger partial charge in [0.05, 0.1) is 25.1 Å². The molecule has 0 radical (unpaired) electrons.